The molecule has 0 spiro atoms. The number of benzene rings is 1. The number of carbonyl (C=O) groups excluding carboxylic acids is 1. The third-order valence-corrected chi connectivity index (χ3v) is 4.38. The number of hydrogen-bond acceptors (Lipinski definition) is 4. The van der Waals surface area contributed by atoms with Gasteiger partial charge in [0.25, 0.3) is 0 Å². The van der Waals surface area contributed by atoms with Crippen molar-refractivity contribution in [2.24, 2.45) is 4.99 Å². The number of amides is 2. The van der Waals surface area contributed by atoms with E-state index in [1.807, 2.05) is 0 Å². The molecular formula is C12H7F6N3O2S. The van der Waals surface area contributed by atoms with Crippen molar-refractivity contribution >= 4 is 28.6 Å². The summed E-state index contributed by atoms with van der Waals surface area (Å²) in [5.41, 5.74) is -4.56. The van der Waals surface area contributed by atoms with Gasteiger partial charge >= 0.3 is 24.0 Å². The molecule has 130 valence electrons. The number of methoxy groups -OCH3 is 1. The van der Waals surface area contributed by atoms with E-state index in [4.69, 9.17) is 4.74 Å². The number of halogens is 6. The first-order valence-electron chi connectivity index (χ1n) is 6.21. The lowest BCUT2D eigenvalue weighted by atomic mass is 10.1. The minimum absolute atomic E-state index is 0.120. The summed E-state index contributed by atoms with van der Waals surface area (Å²) >= 11 is 0.523. The number of urea groups is 1. The van der Waals surface area contributed by atoms with Gasteiger partial charge in [-0.05, 0) is 30.0 Å². The van der Waals surface area contributed by atoms with E-state index in [1.165, 1.54) is 25.3 Å². The molecule has 0 bridgehead atoms. The second-order valence-corrected chi connectivity index (χ2v) is 5.81. The fourth-order valence-electron chi connectivity index (χ4n) is 2.22. The number of alkyl halides is 6. The third-order valence-electron chi connectivity index (χ3n) is 3.38. The minimum atomic E-state index is -5.85. The summed E-state index contributed by atoms with van der Waals surface area (Å²) in [5, 5.41) is 0.244. The molecule has 1 aromatic carbocycles. The normalized spacial score (nSPS) is 19.4. The zero-order valence-corrected chi connectivity index (χ0v) is 12.4. The van der Waals surface area contributed by atoms with Crippen LogP contribution in [0.1, 0.15) is 0 Å². The van der Waals surface area contributed by atoms with Crippen LogP contribution >= 0.6 is 11.8 Å². The Kier molecular flexibility index (Phi) is 3.45. The first kappa shape index (κ1) is 16.7. The lowest BCUT2D eigenvalue weighted by Crippen LogP contribution is -2.71. The maximum atomic E-state index is 13.1. The fourth-order valence-corrected chi connectivity index (χ4v) is 3.31. The van der Waals surface area contributed by atoms with Gasteiger partial charge in [0.15, 0.2) is 5.17 Å². The first-order chi connectivity index (χ1) is 11.0. The molecule has 5 nitrogen and oxygen atoms in total. The number of thioether (sulfide) groups is 1. The summed E-state index contributed by atoms with van der Waals surface area (Å²) in [7, 11) is 1.34. The third kappa shape index (κ3) is 2.19. The second-order valence-electron chi connectivity index (χ2n) is 4.80. The molecule has 1 N–H and O–H groups in total. The summed E-state index contributed by atoms with van der Waals surface area (Å²) in [6.45, 7) is 0. The van der Waals surface area contributed by atoms with E-state index in [9.17, 15) is 31.1 Å². The van der Waals surface area contributed by atoms with Crippen molar-refractivity contribution in [3.8, 4) is 5.75 Å². The summed E-state index contributed by atoms with van der Waals surface area (Å²) in [5.74, 6) is 0.333. The number of fused-ring (bicyclic) bond motifs is 3. The first-order valence-corrected chi connectivity index (χ1v) is 7.03. The van der Waals surface area contributed by atoms with Crippen LogP contribution in [-0.4, -0.2) is 36.3 Å². The van der Waals surface area contributed by atoms with Crippen molar-refractivity contribution in [3.05, 3.63) is 18.2 Å². The predicted molar refractivity (Wildman–Crippen MR) is 72.1 cm³/mol. The molecule has 12 heteroatoms. The Bertz CT molecular complexity index is 731. The Balaban J connectivity index is 2.15. The quantitative estimate of drug-likeness (QED) is 0.769. The van der Waals surface area contributed by atoms with Gasteiger partial charge < -0.3 is 4.74 Å². The number of aliphatic imine (C=N–C) groups is 1. The van der Waals surface area contributed by atoms with Crippen molar-refractivity contribution in [2.75, 3.05) is 12.0 Å². The monoisotopic (exact) mass is 371 g/mol. The van der Waals surface area contributed by atoms with Crippen LogP contribution in [0.15, 0.2) is 28.1 Å². The molecule has 0 saturated heterocycles. The average Bonchev–Trinajstić information content (AvgIpc) is 2.82. The lowest BCUT2D eigenvalue weighted by molar-refractivity contribution is -0.301. The fraction of sp³-hybridized carbons (Fsp3) is 0.333. The van der Waals surface area contributed by atoms with Gasteiger partial charge in [0.2, 0.25) is 0 Å². The number of rotatable bonds is 1. The molecule has 24 heavy (non-hydrogen) atoms. The second kappa shape index (κ2) is 4.94. The highest BCUT2D eigenvalue weighted by Gasteiger charge is 2.75. The maximum Gasteiger partial charge on any atom is 0.441 e. The largest absolute Gasteiger partial charge is 0.497 e. The molecule has 0 aliphatic carbocycles. The van der Waals surface area contributed by atoms with Gasteiger partial charge in [0, 0.05) is 4.90 Å². The van der Waals surface area contributed by atoms with Crippen LogP contribution in [-0.2, 0) is 0 Å². The van der Waals surface area contributed by atoms with Crippen LogP contribution in [0, 0.1) is 0 Å². The molecule has 2 amide bonds. The summed E-state index contributed by atoms with van der Waals surface area (Å²) in [4.78, 5) is 15.7. The van der Waals surface area contributed by atoms with Gasteiger partial charge in [-0.3, -0.25) is 5.32 Å². The van der Waals surface area contributed by atoms with E-state index >= 15 is 0 Å². The number of nitrogens with zero attached hydrogens (tertiary/aromatic N) is 2. The van der Waals surface area contributed by atoms with Crippen LogP contribution < -0.4 is 15.0 Å². The van der Waals surface area contributed by atoms with Gasteiger partial charge in [0.1, 0.15) is 5.75 Å². The Morgan fingerprint density at radius 1 is 1.21 bits per heavy atom. The van der Waals surface area contributed by atoms with Crippen molar-refractivity contribution in [2.45, 2.75) is 22.9 Å². The van der Waals surface area contributed by atoms with Gasteiger partial charge in [0.05, 0.1) is 12.8 Å². The summed E-state index contributed by atoms with van der Waals surface area (Å²) in [6, 6.07) is 2.59. The van der Waals surface area contributed by atoms with Gasteiger partial charge in [-0.2, -0.15) is 26.3 Å². The van der Waals surface area contributed by atoms with E-state index in [-0.39, 0.29) is 10.6 Å². The smallest absolute Gasteiger partial charge is 0.441 e. The number of hydrogen-bond donors (Lipinski definition) is 1. The molecule has 0 fully saturated rings. The molecule has 2 aliphatic rings. The lowest BCUT2D eigenvalue weighted by Gasteiger charge is -2.39. The molecule has 3 rings (SSSR count). The highest BCUT2D eigenvalue weighted by atomic mass is 32.2. The number of nitrogens with one attached hydrogen (secondary N) is 1. The Morgan fingerprint density at radius 3 is 2.38 bits per heavy atom. The highest BCUT2D eigenvalue weighted by Crippen LogP contribution is 2.50. The van der Waals surface area contributed by atoms with Crippen LogP contribution in [0.4, 0.5) is 36.8 Å². The van der Waals surface area contributed by atoms with Crippen LogP contribution in [0.25, 0.3) is 0 Å². The molecule has 2 heterocycles. The van der Waals surface area contributed by atoms with Crippen LogP contribution in [0.3, 0.4) is 0 Å². The molecule has 2 aliphatic heterocycles. The van der Waals surface area contributed by atoms with Crippen LogP contribution in [0.2, 0.25) is 0 Å². The van der Waals surface area contributed by atoms with Crippen LogP contribution in [0.5, 0.6) is 5.75 Å². The molecule has 0 atom stereocenters. The van der Waals surface area contributed by atoms with Gasteiger partial charge in [-0.1, -0.05) is 0 Å². The van der Waals surface area contributed by atoms with E-state index < -0.39 is 29.2 Å². The SMILES string of the molecule is COc1ccc2c(c1)SC1=NC(C(F)(F)F)(C(F)(F)F)NC(=O)N12. The molecular weight excluding hydrogens is 364 g/mol. The Morgan fingerprint density at radius 2 is 1.83 bits per heavy atom. The standard InChI is InChI=1S/C12H7F6N3O2S/c1-23-5-2-3-6-7(4-5)24-9-20-10(11(13,14)15,12(16,17)18)19-8(22)21(6)9/h2-4H,1H3,(H,19,22). The number of carbonyl (C=O) groups is 1. The van der Waals surface area contributed by atoms with Crippen molar-refractivity contribution < 1.29 is 35.9 Å². The van der Waals surface area contributed by atoms with Gasteiger partial charge in [-0.15, -0.1) is 0 Å². The zero-order valence-electron chi connectivity index (χ0n) is 11.6. The van der Waals surface area contributed by atoms with Gasteiger partial charge in [-0.25, -0.2) is 14.7 Å². The average molecular weight is 371 g/mol. The molecule has 0 saturated carbocycles. The van der Waals surface area contributed by atoms with E-state index in [2.05, 4.69) is 4.99 Å². The van der Waals surface area contributed by atoms with Crippen molar-refractivity contribution in [1.82, 2.24) is 5.32 Å². The van der Waals surface area contributed by atoms with E-state index in [0.717, 1.165) is 5.32 Å². The molecule has 0 radical (unpaired) electrons. The minimum Gasteiger partial charge on any atom is -0.497 e. The van der Waals surface area contributed by atoms with E-state index in [1.54, 1.807) is 0 Å². The molecule has 0 aromatic heterocycles. The highest BCUT2D eigenvalue weighted by molar-refractivity contribution is 8.15. The summed E-state index contributed by atoms with van der Waals surface area (Å²) in [6.07, 6.45) is -11.7. The number of anilines is 1. The topological polar surface area (TPSA) is 53.9 Å². The Hall–Kier alpha value is -2.11. The predicted octanol–water partition coefficient (Wildman–Crippen LogP) is 3.51. The maximum absolute atomic E-state index is 13.1. The Labute approximate surface area is 134 Å². The zero-order chi connectivity index (χ0) is 17.9. The molecule has 1 aromatic rings. The van der Waals surface area contributed by atoms with E-state index in [0.29, 0.717) is 22.4 Å². The number of ether oxygens (including phenoxy) is 1. The summed E-state index contributed by atoms with van der Waals surface area (Å²) < 4.78 is 83.4. The van der Waals surface area contributed by atoms with Crippen molar-refractivity contribution in [1.29, 1.82) is 0 Å². The molecule has 0 unspecified atom stereocenters. The number of amidine groups is 1. The van der Waals surface area contributed by atoms with Crippen molar-refractivity contribution in [3.63, 3.8) is 0 Å².